The van der Waals surface area contributed by atoms with Gasteiger partial charge in [0.25, 0.3) is 0 Å². The van der Waals surface area contributed by atoms with Crippen LogP contribution in [-0.2, 0) is 0 Å². The largest absolute Gasteiger partial charge is 0.441 e. The second kappa shape index (κ2) is 2.26. The van der Waals surface area contributed by atoms with Crippen molar-refractivity contribution in [3.05, 3.63) is 29.6 Å². The molecule has 2 N–H and O–H groups in total. The minimum Gasteiger partial charge on any atom is -0.441 e. The van der Waals surface area contributed by atoms with Crippen molar-refractivity contribution < 1.29 is 4.42 Å². The standard InChI is InChI=1S/C10H7NOS/c11-10-5-7-4-9-6(1-2-13-9)3-8(7)12-10/h1-5H,11H2. The predicted molar refractivity (Wildman–Crippen MR) is 56.0 cm³/mol. The van der Waals surface area contributed by atoms with Gasteiger partial charge in [-0.2, -0.15) is 0 Å². The summed E-state index contributed by atoms with van der Waals surface area (Å²) < 4.78 is 6.60. The summed E-state index contributed by atoms with van der Waals surface area (Å²) >= 11 is 1.73. The van der Waals surface area contributed by atoms with Gasteiger partial charge in [-0.25, -0.2) is 0 Å². The van der Waals surface area contributed by atoms with Gasteiger partial charge < -0.3 is 10.2 Å². The number of hydrogen-bond donors (Lipinski definition) is 1. The monoisotopic (exact) mass is 189 g/mol. The Hall–Kier alpha value is -1.48. The first-order valence-corrected chi connectivity index (χ1v) is 4.87. The molecule has 3 rings (SSSR count). The van der Waals surface area contributed by atoms with Gasteiger partial charge in [0.05, 0.1) is 0 Å². The number of anilines is 1. The van der Waals surface area contributed by atoms with E-state index in [1.54, 1.807) is 11.3 Å². The molecular weight excluding hydrogens is 182 g/mol. The lowest BCUT2D eigenvalue weighted by Crippen LogP contribution is -1.75. The fourth-order valence-electron chi connectivity index (χ4n) is 1.52. The molecule has 0 saturated carbocycles. The highest BCUT2D eigenvalue weighted by molar-refractivity contribution is 7.17. The fourth-order valence-corrected chi connectivity index (χ4v) is 2.33. The summed E-state index contributed by atoms with van der Waals surface area (Å²) in [7, 11) is 0. The molecule has 3 aromatic rings. The first-order chi connectivity index (χ1) is 6.33. The summed E-state index contributed by atoms with van der Waals surface area (Å²) in [6, 6.07) is 8.07. The van der Waals surface area contributed by atoms with Gasteiger partial charge in [-0.15, -0.1) is 11.3 Å². The molecule has 0 aliphatic carbocycles. The average Bonchev–Trinajstić information content (AvgIpc) is 2.63. The number of furan rings is 1. The van der Waals surface area contributed by atoms with Gasteiger partial charge in [-0.3, -0.25) is 0 Å². The van der Waals surface area contributed by atoms with Crippen molar-refractivity contribution >= 4 is 38.3 Å². The van der Waals surface area contributed by atoms with E-state index in [0.29, 0.717) is 5.88 Å². The molecule has 0 spiro atoms. The third-order valence-electron chi connectivity index (χ3n) is 2.11. The van der Waals surface area contributed by atoms with Crippen LogP contribution >= 0.6 is 11.3 Å². The van der Waals surface area contributed by atoms with E-state index < -0.39 is 0 Å². The molecule has 1 aromatic carbocycles. The molecule has 64 valence electrons. The Morgan fingerprint density at radius 3 is 3.00 bits per heavy atom. The lowest BCUT2D eigenvalue weighted by Gasteiger charge is -1.88. The van der Waals surface area contributed by atoms with Crippen molar-refractivity contribution in [3.63, 3.8) is 0 Å². The van der Waals surface area contributed by atoms with E-state index in [0.717, 1.165) is 11.0 Å². The van der Waals surface area contributed by atoms with Gasteiger partial charge in [0.15, 0.2) is 5.88 Å². The molecule has 0 atom stereocenters. The first kappa shape index (κ1) is 6.97. The lowest BCUT2D eigenvalue weighted by molar-refractivity contribution is 0.638. The highest BCUT2D eigenvalue weighted by atomic mass is 32.1. The van der Waals surface area contributed by atoms with Crippen molar-refractivity contribution in [3.8, 4) is 0 Å². The molecule has 0 aliphatic rings. The number of thiophene rings is 1. The van der Waals surface area contributed by atoms with Crippen LogP contribution in [0.25, 0.3) is 21.1 Å². The molecule has 0 radical (unpaired) electrons. The number of hydrogen-bond acceptors (Lipinski definition) is 3. The van der Waals surface area contributed by atoms with E-state index in [2.05, 4.69) is 17.5 Å². The Labute approximate surface area is 78.6 Å². The Morgan fingerprint density at radius 1 is 1.15 bits per heavy atom. The summed E-state index contributed by atoms with van der Waals surface area (Å²) in [6.45, 7) is 0. The van der Waals surface area contributed by atoms with Crippen LogP contribution in [0.4, 0.5) is 5.88 Å². The molecule has 0 aliphatic heterocycles. The zero-order valence-corrected chi connectivity index (χ0v) is 7.60. The van der Waals surface area contributed by atoms with Crippen molar-refractivity contribution in [2.24, 2.45) is 0 Å². The maximum absolute atomic E-state index is 5.56. The van der Waals surface area contributed by atoms with Crippen LogP contribution in [0.5, 0.6) is 0 Å². The topological polar surface area (TPSA) is 39.2 Å². The van der Waals surface area contributed by atoms with E-state index in [1.165, 1.54) is 10.1 Å². The molecule has 0 unspecified atom stereocenters. The van der Waals surface area contributed by atoms with Gasteiger partial charge in [0.2, 0.25) is 0 Å². The number of rotatable bonds is 0. The van der Waals surface area contributed by atoms with Crippen molar-refractivity contribution in [2.45, 2.75) is 0 Å². The molecule has 0 saturated heterocycles. The van der Waals surface area contributed by atoms with Crippen LogP contribution in [0.1, 0.15) is 0 Å². The maximum Gasteiger partial charge on any atom is 0.191 e. The summed E-state index contributed by atoms with van der Waals surface area (Å²) in [4.78, 5) is 0. The molecular formula is C10H7NOS. The van der Waals surface area contributed by atoms with Crippen LogP contribution in [0.15, 0.2) is 34.1 Å². The van der Waals surface area contributed by atoms with Crippen LogP contribution in [0.3, 0.4) is 0 Å². The highest BCUT2D eigenvalue weighted by Gasteiger charge is 2.03. The minimum atomic E-state index is 0.479. The Balaban J connectivity index is 2.54. The number of benzene rings is 1. The van der Waals surface area contributed by atoms with E-state index >= 15 is 0 Å². The molecule has 2 heterocycles. The molecule has 2 aromatic heterocycles. The van der Waals surface area contributed by atoms with E-state index in [1.807, 2.05) is 12.1 Å². The highest BCUT2D eigenvalue weighted by Crippen LogP contribution is 2.29. The molecule has 13 heavy (non-hydrogen) atoms. The van der Waals surface area contributed by atoms with Crippen molar-refractivity contribution in [1.29, 1.82) is 0 Å². The zero-order chi connectivity index (χ0) is 8.84. The van der Waals surface area contributed by atoms with Crippen LogP contribution in [0.2, 0.25) is 0 Å². The third-order valence-corrected chi connectivity index (χ3v) is 2.99. The molecule has 3 heteroatoms. The molecule has 2 nitrogen and oxygen atoms in total. The second-order valence-corrected chi connectivity index (χ2v) is 3.94. The Morgan fingerprint density at radius 2 is 2.08 bits per heavy atom. The predicted octanol–water partition coefficient (Wildman–Crippen LogP) is 3.23. The van der Waals surface area contributed by atoms with Gasteiger partial charge in [-0.05, 0) is 29.0 Å². The average molecular weight is 189 g/mol. The normalized spacial score (nSPS) is 11.4. The first-order valence-electron chi connectivity index (χ1n) is 3.99. The van der Waals surface area contributed by atoms with Crippen molar-refractivity contribution in [2.75, 3.05) is 5.73 Å². The van der Waals surface area contributed by atoms with Gasteiger partial charge in [0.1, 0.15) is 5.58 Å². The van der Waals surface area contributed by atoms with Crippen molar-refractivity contribution in [1.82, 2.24) is 0 Å². The summed E-state index contributed by atoms with van der Waals surface area (Å²) in [5, 5.41) is 4.37. The van der Waals surface area contributed by atoms with E-state index in [9.17, 15) is 0 Å². The second-order valence-electron chi connectivity index (χ2n) is 3.00. The lowest BCUT2D eigenvalue weighted by atomic mass is 10.2. The van der Waals surface area contributed by atoms with E-state index in [4.69, 9.17) is 10.2 Å². The summed E-state index contributed by atoms with van der Waals surface area (Å²) in [6.07, 6.45) is 0. The van der Waals surface area contributed by atoms with Gasteiger partial charge >= 0.3 is 0 Å². The SMILES string of the molecule is Nc1cc2cc3sccc3cc2o1. The van der Waals surface area contributed by atoms with Gasteiger partial charge in [-0.1, -0.05) is 0 Å². The Bertz CT molecular complexity index is 531. The Kier molecular flexibility index (Phi) is 1.21. The number of nitrogen functional groups attached to an aromatic ring is 1. The molecule has 0 fully saturated rings. The van der Waals surface area contributed by atoms with E-state index in [-0.39, 0.29) is 0 Å². The third kappa shape index (κ3) is 0.939. The molecule has 0 bridgehead atoms. The number of nitrogens with two attached hydrogens (primary N) is 1. The summed E-state index contributed by atoms with van der Waals surface area (Å²) in [5.41, 5.74) is 6.42. The van der Waals surface area contributed by atoms with Gasteiger partial charge in [0, 0.05) is 16.2 Å². The fraction of sp³-hybridized carbons (Fsp3) is 0. The maximum atomic E-state index is 5.56. The van der Waals surface area contributed by atoms with Crippen LogP contribution in [0, 0.1) is 0 Å². The number of fused-ring (bicyclic) bond motifs is 2. The summed E-state index contributed by atoms with van der Waals surface area (Å²) in [5.74, 6) is 0.479. The molecule has 0 amide bonds. The zero-order valence-electron chi connectivity index (χ0n) is 6.78. The van der Waals surface area contributed by atoms with Crippen LogP contribution in [-0.4, -0.2) is 0 Å². The minimum absolute atomic E-state index is 0.479. The quantitative estimate of drug-likeness (QED) is 0.589. The smallest absolute Gasteiger partial charge is 0.191 e. The van der Waals surface area contributed by atoms with Crippen LogP contribution < -0.4 is 5.73 Å².